The lowest BCUT2D eigenvalue weighted by Crippen LogP contribution is -2.31. The highest BCUT2D eigenvalue weighted by Crippen LogP contribution is 2.31. The topological polar surface area (TPSA) is 84.9 Å². The smallest absolute Gasteiger partial charge is 0.305 e. The van der Waals surface area contributed by atoms with Crippen molar-refractivity contribution in [2.45, 2.75) is 19.4 Å². The predicted molar refractivity (Wildman–Crippen MR) is 98.2 cm³/mol. The number of aryl methyl sites for hydroxylation is 1. The van der Waals surface area contributed by atoms with Crippen LogP contribution in [0.2, 0.25) is 5.02 Å². The Morgan fingerprint density at radius 2 is 1.88 bits per heavy atom. The summed E-state index contributed by atoms with van der Waals surface area (Å²) in [4.78, 5) is 24.0. The van der Waals surface area contributed by atoms with Crippen molar-refractivity contribution in [1.82, 2.24) is 5.32 Å². The zero-order valence-electron chi connectivity index (χ0n) is 14.7. The van der Waals surface area contributed by atoms with Gasteiger partial charge in [-0.1, -0.05) is 17.7 Å². The van der Waals surface area contributed by atoms with Crippen molar-refractivity contribution in [3.63, 3.8) is 0 Å². The lowest BCUT2D eigenvalue weighted by Gasteiger charge is -2.21. The second-order valence-corrected chi connectivity index (χ2v) is 6.13. The number of carboxylic acids is 1. The molecule has 2 N–H and O–H groups in total. The van der Waals surface area contributed by atoms with Gasteiger partial charge in [0.1, 0.15) is 11.5 Å². The van der Waals surface area contributed by atoms with Crippen LogP contribution in [0.15, 0.2) is 36.4 Å². The van der Waals surface area contributed by atoms with Crippen LogP contribution in [0.3, 0.4) is 0 Å². The molecule has 1 unspecified atom stereocenters. The summed E-state index contributed by atoms with van der Waals surface area (Å²) in [5.41, 5.74) is 1.67. The molecule has 2 aromatic carbocycles. The summed E-state index contributed by atoms with van der Waals surface area (Å²) in [5, 5.41) is 12.4. The zero-order valence-corrected chi connectivity index (χ0v) is 15.5. The van der Waals surface area contributed by atoms with E-state index in [-0.39, 0.29) is 6.42 Å². The fraction of sp³-hybridized carbons (Fsp3) is 0.263. The molecule has 138 valence electrons. The summed E-state index contributed by atoms with van der Waals surface area (Å²) in [7, 11) is 2.99. The summed E-state index contributed by atoms with van der Waals surface area (Å²) < 4.78 is 10.5. The Morgan fingerprint density at radius 3 is 2.50 bits per heavy atom. The van der Waals surface area contributed by atoms with Crippen molar-refractivity contribution in [3.8, 4) is 11.5 Å². The molecule has 0 fully saturated rings. The molecule has 6 nitrogen and oxygen atoms in total. The number of hydrogen-bond donors (Lipinski definition) is 2. The van der Waals surface area contributed by atoms with Crippen LogP contribution in [0.4, 0.5) is 0 Å². The Bertz CT molecular complexity index is 822. The van der Waals surface area contributed by atoms with Crippen LogP contribution in [0.5, 0.6) is 11.5 Å². The maximum Gasteiger partial charge on any atom is 0.305 e. The summed E-state index contributed by atoms with van der Waals surface area (Å²) in [6.07, 6.45) is -0.298. The third-order valence-electron chi connectivity index (χ3n) is 3.94. The molecule has 7 heteroatoms. The minimum atomic E-state index is -1.05. The van der Waals surface area contributed by atoms with E-state index in [0.717, 1.165) is 5.56 Å². The third-order valence-corrected chi connectivity index (χ3v) is 4.18. The van der Waals surface area contributed by atoms with Gasteiger partial charge in [0.2, 0.25) is 0 Å². The first-order chi connectivity index (χ1) is 12.3. The number of benzene rings is 2. The molecule has 0 radical (unpaired) electrons. The van der Waals surface area contributed by atoms with E-state index in [1.54, 1.807) is 43.3 Å². The SMILES string of the molecule is COc1ccc(C(CC(=O)O)NC(=O)c2cc(Cl)ccc2C)c(OC)c1. The molecule has 0 spiro atoms. The second kappa shape index (κ2) is 8.58. The molecular formula is C19H20ClNO5. The van der Waals surface area contributed by atoms with Gasteiger partial charge in [0.25, 0.3) is 5.91 Å². The molecule has 0 heterocycles. The van der Waals surface area contributed by atoms with Gasteiger partial charge in [-0.05, 0) is 36.8 Å². The van der Waals surface area contributed by atoms with Crippen LogP contribution >= 0.6 is 11.6 Å². The highest BCUT2D eigenvalue weighted by Gasteiger charge is 2.23. The number of halogens is 1. The minimum Gasteiger partial charge on any atom is -0.497 e. The van der Waals surface area contributed by atoms with Crippen molar-refractivity contribution < 1.29 is 24.2 Å². The van der Waals surface area contributed by atoms with Crippen LogP contribution in [0.25, 0.3) is 0 Å². The van der Waals surface area contributed by atoms with Crippen molar-refractivity contribution in [3.05, 3.63) is 58.1 Å². The van der Waals surface area contributed by atoms with Gasteiger partial charge in [-0.2, -0.15) is 0 Å². The molecule has 0 bridgehead atoms. The highest BCUT2D eigenvalue weighted by atomic mass is 35.5. The van der Waals surface area contributed by atoms with Gasteiger partial charge >= 0.3 is 5.97 Å². The van der Waals surface area contributed by atoms with Crippen LogP contribution in [0.1, 0.15) is 33.9 Å². The molecule has 0 aliphatic carbocycles. The van der Waals surface area contributed by atoms with Gasteiger partial charge in [-0.15, -0.1) is 0 Å². The van der Waals surface area contributed by atoms with Crippen molar-refractivity contribution in [2.75, 3.05) is 14.2 Å². The predicted octanol–water partition coefficient (Wildman–Crippen LogP) is 3.61. The number of carboxylic acid groups (broad SMARTS) is 1. The second-order valence-electron chi connectivity index (χ2n) is 5.69. The van der Waals surface area contributed by atoms with Gasteiger partial charge in [0.05, 0.1) is 26.7 Å². The van der Waals surface area contributed by atoms with E-state index in [1.165, 1.54) is 14.2 Å². The van der Waals surface area contributed by atoms with Gasteiger partial charge in [-0.25, -0.2) is 0 Å². The normalized spacial score (nSPS) is 11.5. The first-order valence-corrected chi connectivity index (χ1v) is 8.24. The van der Waals surface area contributed by atoms with E-state index < -0.39 is 17.9 Å². The first-order valence-electron chi connectivity index (χ1n) is 7.86. The number of nitrogens with one attached hydrogen (secondary N) is 1. The molecule has 1 atom stereocenters. The molecule has 2 rings (SSSR count). The van der Waals surface area contributed by atoms with Crippen LogP contribution in [-0.4, -0.2) is 31.2 Å². The molecule has 0 saturated heterocycles. The van der Waals surface area contributed by atoms with Gasteiger partial charge in [-0.3, -0.25) is 9.59 Å². The Balaban J connectivity index is 2.37. The van der Waals surface area contributed by atoms with E-state index in [4.69, 9.17) is 21.1 Å². The lowest BCUT2D eigenvalue weighted by atomic mass is 10.0. The maximum absolute atomic E-state index is 12.7. The monoisotopic (exact) mass is 377 g/mol. The number of amides is 1. The van der Waals surface area contributed by atoms with E-state index in [2.05, 4.69) is 5.32 Å². The van der Waals surface area contributed by atoms with Crippen LogP contribution in [0, 0.1) is 6.92 Å². The van der Waals surface area contributed by atoms with Crippen molar-refractivity contribution in [1.29, 1.82) is 0 Å². The number of rotatable bonds is 7. The maximum atomic E-state index is 12.7. The fourth-order valence-electron chi connectivity index (χ4n) is 2.59. The average Bonchev–Trinajstić information content (AvgIpc) is 2.62. The van der Waals surface area contributed by atoms with Crippen molar-refractivity contribution >= 4 is 23.5 Å². The number of hydrogen-bond acceptors (Lipinski definition) is 4. The van der Waals surface area contributed by atoms with E-state index in [9.17, 15) is 14.7 Å². The number of ether oxygens (including phenoxy) is 2. The molecular weight excluding hydrogens is 358 g/mol. The summed E-state index contributed by atoms with van der Waals surface area (Å²) in [5.74, 6) is -0.458. The van der Waals surface area contributed by atoms with E-state index in [1.807, 2.05) is 0 Å². The average molecular weight is 378 g/mol. The molecule has 0 aliphatic heterocycles. The van der Waals surface area contributed by atoms with Gasteiger partial charge in [0, 0.05) is 22.2 Å². The Morgan fingerprint density at radius 1 is 1.15 bits per heavy atom. The minimum absolute atomic E-state index is 0.298. The largest absolute Gasteiger partial charge is 0.497 e. The number of methoxy groups -OCH3 is 2. The van der Waals surface area contributed by atoms with Crippen LogP contribution in [-0.2, 0) is 4.79 Å². The zero-order chi connectivity index (χ0) is 19.3. The number of aliphatic carboxylic acids is 1. The molecule has 0 aliphatic rings. The quantitative estimate of drug-likeness (QED) is 0.769. The van der Waals surface area contributed by atoms with Crippen molar-refractivity contribution in [2.24, 2.45) is 0 Å². The number of carbonyl (C=O) groups is 2. The standard InChI is InChI=1S/C19H20ClNO5/c1-11-4-5-12(20)8-15(11)19(24)21-16(10-18(22)23)14-7-6-13(25-2)9-17(14)26-3/h4-9,16H,10H2,1-3H3,(H,21,24)(H,22,23). The summed E-state index contributed by atoms with van der Waals surface area (Å²) in [6, 6.07) is 9.20. The lowest BCUT2D eigenvalue weighted by molar-refractivity contribution is -0.137. The fourth-order valence-corrected chi connectivity index (χ4v) is 2.77. The first kappa shape index (κ1) is 19.6. The Hall–Kier alpha value is -2.73. The molecule has 0 saturated carbocycles. The Kier molecular flexibility index (Phi) is 6.46. The molecule has 26 heavy (non-hydrogen) atoms. The van der Waals surface area contributed by atoms with E-state index >= 15 is 0 Å². The third kappa shape index (κ3) is 4.67. The molecule has 2 aromatic rings. The molecule has 1 amide bonds. The summed E-state index contributed by atoms with van der Waals surface area (Å²) in [6.45, 7) is 1.78. The highest BCUT2D eigenvalue weighted by molar-refractivity contribution is 6.31. The Labute approximate surface area is 156 Å². The molecule has 0 aromatic heterocycles. The van der Waals surface area contributed by atoms with Gasteiger partial charge in [0.15, 0.2) is 0 Å². The van der Waals surface area contributed by atoms with Crippen LogP contribution < -0.4 is 14.8 Å². The summed E-state index contributed by atoms with van der Waals surface area (Å²) >= 11 is 5.97. The van der Waals surface area contributed by atoms with E-state index in [0.29, 0.717) is 27.6 Å². The number of carbonyl (C=O) groups excluding carboxylic acids is 1. The van der Waals surface area contributed by atoms with Gasteiger partial charge < -0.3 is 19.9 Å².